The van der Waals surface area contributed by atoms with E-state index < -0.39 is 0 Å². The van der Waals surface area contributed by atoms with Gasteiger partial charge >= 0.3 is 0 Å². The van der Waals surface area contributed by atoms with Crippen molar-refractivity contribution in [1.29, 1.82) is 0 Å². The van der Waals surface area contributed by atoms with Crippen LogP contribution in [-0.2, 0) is 0 Å². The van der Waals surface area contributed by atoms with Gasteiger partial charge in [-0.2, -0.15) is 0 Å². The van der Waals surface area contributed by atoms with E-state index in [9.17, 15) is 0 Å². The number of halogens is 1. The van der Waals surface area contributed by atoms with Crippen molar-refractivity contribution < 1.29 is 0 Å². The third-order valence-corrected chi connectivity index (χ3v) is 2.95. The molecule has 100 valence electrons. The van der Waals surface area contributed by atoms with Gasteiger partial charge in [0.2, 0.25) is 0 Å². The standard InChI is InChI=1S/C12H24N4.HI/c1-5-8-14-12(13-2)15-9-11(16(3)4)10-6-7-10;/h5,10-11H,1,6-9H2,2-4H3,(H2,13,14,15);1H. The zero-order valence-corrected chi connectivity index (χ0v) is 13.4. The molecular formula is C12H25IN4. The van der Waals surface area contributed by atoms with Crippen molar-refractivity contribution in [1.82, 2.24) is 15.5 Å². The van der Waals surface area contributed by atoms with E-state index in [4.69, 9.17) is 0 Å². The topological polar surface area (TPSA) is 39.7 Å². The van der Waals surface area contributed by atoms with Crippen LogP contribution in [-0.4, -0.2) is 51.1 Å². The molecule has 0 radical (unpaired) electrons. The molecule has 0 bridgehead atoms. The minimum atomic E-state index is 0. The molecule has 1 aliphatic carbocycles. The largest absolute Gasteiger partial charge is 0.355 e. The molecule has 0 saturated heterocycles. The van der Waals surface area contributed by atoms with Crippen LogP contribution >= 0.6 is 24.0 Å². The van der Waals surface area contributed by atoms with Crippen molar-refractivity contribution in [3.63, 3.8) is 0 Å². The molecule has 1 atom stereocenters. The molecule has 1 unspecified atom stereocenters. The van der Waals surface area contributed by atoms with Gasteiger partial charge in [0, 0.05) is 26.2 Å². The van der Waals surface area contributed by atoms with E-state index in [2.05, 4.69) is 41.2 Å². The average Bonchev–Trinajstić information content (AvgIpc) is 3.06. The molecule has 0 aromatic rings. The van der Waals surface area contributed by atoms with Crippen LogP contribution in [0, 0.1) is 5.92 Å². The van der Waals surface area contributed by atoms with Gasteiger partial charge < -0.3 is 15.5 Å². The summed E-state index contributed by atoms with van der Waals surface area (Å²) in [4.78, 5) is 6.46. The number of nitrogens with one attached hydrogen (secondary N) is 2. The molecule has 4 nitrogen and oxygen atoms in total. The number of aliphatic imine (C=N–C) groups is 1. The van der Waals surface area contributed by atoms with Crippen molar-refractivity contribution in [2.75, 3.05) is 34.2 Å². The van der Waals surface area contributed by atoms with E-state index in [-0.39, 0.29) is 24.0 Å². The molecule has 1 fully saturated rings. The van der Waals surface area contributed by atoms with Gasteiger partial charge in [-0.25, -0.2) is 0 Å². The molecule has 2 N–H and O–H groups in total. The molecule has 0 amide bonds. The summed E-state index contributed by atoms with van der Waals surface area (Å²) in [7, 11) is 6.08. The Kier molecular flexibility index (Phi) is 8.59. The van der Waals surface area contributed by atoms with Crippen LogP contribution in [0.2, 0.25) is 0 Å². The summed E-state index contributed by atoms with van der Waals surface area (Å²) in [6, 6.07) is 0.613. The number of hydrogen-bond donors (Lipinski definition) is 2. The molecule has 0 aromatic carbocycles. The second-order valence-corrected chi connectivity index (χ2v) is 4.49. The molecule has 1 rings (SSSR count). The molecule has 0 spiro atoms. The molecule has 1 aliphatic rings. The van der Waals surface area contributed by atoms with Crippen LogP contribution in [0.5, 0.6) is 0 Å². The predicted molar refractivity (Wildman–Crippen MR) is 85.2 cm³/mol. The van der Waals surface area contributed by atoms with Gasteiger partial charge in [0.05, 0.1) is 0 Å². The Morgan fingerprint density at radius 1 is 1.47 bits per heavy atom. The Bertz CT molecular complexity index is 247. The van der Waals surface area contributed by atoms with E-state index in [1.165, 1.54) is 12.8 Å². The summed E-state index contributed by atoms with van der Waals surface area (Å²) in [6.45, 7) is 5.37. The zero-order valence-electron chi connectivity index (χ0n) is 11.1. The first-order valence-corrected chi connectivity index (χ1v) is 5.91. The first-order valence-electron chi connectivity index (χ1n) is 5.91. The maximum absolute atomic E-state index is 4.16. The molecule has 1 saturated carbocycles. The third kappa shape index (κ3) is 6.26. The number of rotatable bonds is 6. The predicted octanol–water partition coefficient (Wildman–Crippen LogP) is 1.30. The zero-order chi connectivity index (χ0) is 12.0. The molecule has 0 aliphatic heterocycles. The van der Waals surface area contributed by atoms with Gasteiger partial charge in [0.15, 0.2) is 5.96 Å². The molecule has 0 aromatic heterocycles. The fraction of sp³-hybridized carbons (Fsp3) is 0.750. The minimum absolute atomic E-state index is 0. The highest BCUT2D eigenvalue weighted by Crippen LogP contribution is 2.34. The Balaban J connectivity index is 0.00000256. The minimum Gasteiger partial charge on any atom is -0.355 e. The lowest BCUT2D eigenvalue weighted by atomic mass is 10.1. The van der Waals surface area contributed by atoms with E-state index in [0.717, 1.165) is 25.0 Å². The lowest BCUT2D eigenvalue weighted by Gasteiger charge is -2.25. The highest BCUT2D eigenvalue weighted by molar-refractivity contribution is 14.0. The number of hydrogen-bond acceptors (Lipinski definition) is 2. The van der Waals surface area contributed by atoms with E-state index in [1.54, 1.807) is 7.05 Å². The fourth-order valence-corrected chi connectivity index (χ4v) is 1.84. The SMILES string of the molecule is C=CCNC(=NC)NCC(C1CC1)N(C)C.I. The number of nitrogens with zero attached hydrogens (tertiary/aromatic N) is 2. The van der Waals surface area contributed by atoms with Gasteiger partial charge in [-0.3, -0.25) is 4.99 Å². The average molecular weight is 352 g/mol. The lowest BCUT2D eigenvalue weighted by molar-refractivity contribution is 0.264. The van der Waals surface area contributed by atoms with Crippen molar-refractivity contribution in [3.8, 4) is 0 Å². The van der Waals surface area contributed by atoms with Crippen LogP contribution in [0.4, 0.5) is 0 Å². The second-order valence-electron chi connectivity index (χ2n) is 4.49. The second kappa shape index (κ2) is 8.74. The molecule has 0 heterocycles. The monoisotopic (exact) mass is 352 g/mol. The molecule has 5 heteroatoms. The van der Waals surface area contributed by atoms with Crippen LogP contribution in [0.25, 0.3) is 0 Å². The van der Waals surface area contributed by atoms with Gasteiger partial charge in [-0.05, 0) is 32.9 Å². The maximum atomic E-state index is 4.16. The van der Waals surface area contributed by atoms with Crippen molar-refractivity contribution in [2.45, 2.75) is 18.9 Å². The molecule has 17 heavy (non-hydrogen) atoms. The Morgan fingerprint density at radius 2 is 2.12 bits per heavy atom. The Labute approximate surface area is 122 Å². The first-order chi connectivity index (χ1) is 7.69. The summed E-state index contributed by atoms with van der Waals surface area (Å²) >= 11 is 0. The Hall–Kier alpha value is -0.300. The first kappa shape index (κ1) is 16.7. The summed E-state index contributed by atoms with van der Waals surface area (Å²) in [5, 5.41) is 6.53. The maximum Gasteiger partial charge on any atom is 0.191 e. The lowest BCUT2D eigenvalue weighted by Crippen LogP contribution is -2.46. The van der Waals surface area contributed by atoms with Crippen LogP contribution in [0.15, 0.2) is 17.6 Å². The summed E-state index contributed by atoms with van der Waals surface area (Å²) in [5.41, 5.74) is 0. The van der Waals surface area contributed by atoms with Gasteiger partial charge in [0.25, 0.3) is 0 Å². The summed E-state index contributed by atoms with van der Waals surface area (Å²) in [5.74, 6) is 1.72. The highest BCUT2D eigenvalue weighted by atomic mass is 127. The normalized spacial score (nSPS) is 17.3. The van der Waals surface area contributed by atoms with Gasteiger partial charge in [-0.15, -0.1) is 30.6 Å². The van der Waals surface area contributed by atoms with Crippen LogP contribution in [0.1, 0.15) is 12.8 Å². The van der Waals surface area contributed by atoms with Crippen molar-refractivity contribution >= 4 is 29.9 Å². The summed E-state index contributed by atoms with van der Waals surface area (Å²) < 4.78 is 0. The van der Waals surface area contributed by atoms with E-state index in [1.807, 2.05) is 6.08 Å². The van der Waals surface area contributed by atoms with Crippen molar-refractivity contribution in [2.24, 2.45) is 10.9 Å². The van der Waals surface area contributed by atoms with Crippen LogP contribution in [0.3, 0.4) is 0 Å². The fourth-order valence-electron chi connectivity index (χ4n) is 1.84. The quantitative estimate of drug-likeness (QED) is 0.328. The molecular weight excluding hydrogens is 327 g/mol. The van der Waals surface area contributed by atoms with Crippen LogP contribution < -0.4 is 10.6 Å². The van der Waals surface area contributed by atoms with Gasteiger partial charge in [-0.1, -0.05) is 6.08 Å². The highest BCUT2D eigenvalue weighted by Gasteiger charge is 2.32. The summed E-state index contributed by atoms with van der Waals surface area (Å²) in [6.07, 6.45) is 4.56. The smallest absolute Gasteiger partial charge is 0.191 e. The number of guanidine groups is 1. The van der Waals surface area contributed by atoms with E-state index >= 15 is 0 Å². The van der Waals surface area contributed by atoms with Crippen molar-refractivity contribution in [3.05, 3.63) is 12.7 Å². The number of likely N-dealkylation sites (N-methyl/N-ethyl adjacent to an activating group) is 1. The Morgan fingerprint density at radius 3 is 2.53 bits per heavy atom. The third-order valence-electron chi connectivity index (χ3n) is 2.95. The van der Waals surface area contributed by atoms with E-state index in [0.29, 0.717) is 6.04 Å². The van der Waals surface area contributed by atoms with Gasteiger partial charge in [0.1, 0.15) is 0 Å².